The number of rotatable bonds is 7. The van der Waals surface area contributed by atoms with E-state index >= 15 is 0 Å². The number of aliphatic hydroxyl groups is 1. The summed E-state index contributed by atoms with van der Waals surface area (Å²) in [5.41, 5.74) is 4.95. The van der Waals surface area contributed by atoms with Crippen molar-refractivity contribution < 1.29 is 5.11 Å². The lowest BCUT2D eigenvalue weighted by Crippen LogP contribution is -2.30. The van der Waals surface area contributed by atoms with Crippen molar-refractivity contribution in [2.75, 3.05) is 6.54 Å². The largest absolute Gasteiger partial charge is 0.392 e. The Morgan fingerprint density at radius 1 is 1.32 bits per heavy atom. The van der Waals surface area contributed by atoms with Crippen molar-refractivity contribution in [2.45, 2.75) is 60.4 Å². The molecule has 1 N–H and O–H groups in total. The van der Waals surface area contributed by atoms with Gasteiger partial charge in [-0.3, -0.25) is 9.58 Å². The van der Waals surface area contributed by atoms with E-state index < -0.39 is 0 Å². The fourth-order valence-electron chi connectivity index (χ4n) is 2.82. The van der Waals surface area contributed by atoms with Gasteiger partial charge in [-0.25, -0.2) is 0 Å². The Kier molecular flexibility index (Phi) is 5.78. The van der Waals surface area contributed by atoms with Crippen LogP contribution in [0.25, 0.3) is 0 Å². The van der Waals surface area contributed by atoms with Gasteiger partial charge in [-0.2, -0.15) is 5.10 Å². The molecule has 0 saturated heterocycles. The normalized spacial score (nSPS) is 13.0. The molecule has 5 heteroatoms. The molecule has 122 valence electrons. The summed E-state index contributed by atoms with van der Waals surface area (Å²) in [7, 11) is 0. The van der Waals surface area contributed by atoms with Crippen molar-refractivity contribution in [3.8, 4) is 0 Å². The Bertz CT molecular complexity index is 615. The summed E-state index contributed by atoms with van der Waals surface area (Å²) in [6.45, 7) is 13.6. The van der Waals surface area contributed by atoms with Crippen molar-refractivity contribution in [2.24, 2.45) is 0 Å². The molecule has 0 aliphatic carbocycles. The van der Waals surface area contributed by atoms with Crippen LogP contribution in [0.1, 0.15) is 41.2 Å². The highest BCUT2D eigenvalue weighted by Gasteiger charge is 2.17. The third-order valence-corrected chi connectivity index (χ3v) is 5.08. The molecule has 2 aromatic rings. The summed E-state index contributed by atoms with van der Waals surface area (Å²) in [5, 5.41) is 16.6. The number of aryl methyl sites for hydroxylation is 3. The number of nitrogens with zero attached hydrogens (tertiary/aromatic N) is 3. The molecular weight excluding hydrogens is 294 g/mol. The maximum atomic E-state index is 9.83. The van der Waals surface area contributed by atoms with Gasteiger partial charge in [0.2, 0.25) is 0 Å². The van der Waals surface area contributed by atoms with Crippen molar-refractivity contribution in [3.05, 3.63) is 38.8 Å². The smallest absolute Gasteiger partial charge is 0.0641 e. The molecule has 0 radical (unpaired) electrons. The second-order valence-corrected chi connectivity index (χ2v) is 7.01. The maximum Gasteiger partial charge on any atom is 0.0641 e. The quantitative estimate of drug-likeness (QED) is 0.851. The zero-order chi connectivity index (χ0) is 16.3. The summed E-state index contributed by atoms with van der Waals surface area (Å²) in [4.78, 5) is 3.69. The minimum absolute atomic E-state index is 0.331. The zero-order valence-electron chi connectivity index (χ0n) is 14.3. The first-order valence-electron chi connectivity index (χ1n) is 7.88. The highest BCUT2D eigenvalue weighted by molar-refractivity contribution is 7.10. The van der Waals surface area contributed by atoms with Crippen LogP contribution >= 0.6 is 11.3 Å². The topological polar surface area (TPSA) is 41.3 Å². The average molecular weight is 321 g/mol. The molecule has 0 bridgehead atoms. The highest BCUT2D eigenvalue weighted by Crippen LogP contribution is 2.21. The summed E-state index contributed by atoms with van der Waals surface area (Å²) in [6.07, 6.45) is -0.331. The fourth-order valence-corrected chi connectivity index (χ4v) is 3.77. The minimum Gasteiger partial charge on any atom is -0.392 e. The van der Waals surface area contributed by atoms with Crippen molar-refractivity contribution >= 4 is 11.3 Å². The molecule has 0 fully saturated rings. The first kappa shape index (κ1) is 17.2. The predicted molar refractivity (Wildman–Crippen MR) is 92.2 cm³/mol. The van der Waals surface area contributed by atoms with Crippen LogP contribution < -0.4 is 0 Å². The zero-order valence-corrected chi connectivity index (χ0v) is 15.1. The van der Waals surface area contributed by atoms with Crippen molar-refractivity contribution in [1.82, 2.24) is 14.7 Å². The summed E-state index contributed by atoms with van der Waals surface area (Å²) in [6, 6.07) is 2.16. The van der Waals surface area contributed by atoms with E-state index in [1.807, 2.05) is 6.92 Å². The van der Waals surface area contributed by atoms with Crippen molar-refractivity contribution in [1.29, 1.82) is 0 Å². The maximum absolute atomic E-state index is 9.83. The Balaban J connectivity index is 2.20. The lowest BCUT2D eigenvalue weighted by molar-refractivity contribution is 0.118. The van der Waals surface area contributed by atoms with Crippen LogP contribution in [0.15, 0.2) is 11.4 Å². The van der Waals surface area contributed by atoms with Crippen LogP contribution in [0.4, 0.5) is 0 Å². The van der Waals surface area contributed by atoms with E-state index in [0.717, 1.165) is 25.3 Å². The van der Waals surface area contributed by atoms with Gasteiger partial charge in [-0.15, -0.1) is 11.3 Å². The average Bonchev–Trinajstić information content (AvgIpc) is 2.96. The molecule has 4 nitrogen and oxygen atoms in total. The van der Waals surface area contributed by atoms with E-state index in [4.69, 9.17) is 0 Å². The predicted octanol–water partition coefficient (Wildman–Crippen LogP) is 3.27. The Morgan fingerprint density at radius 2 is 2.05 bits per heavy atom. The first-order valence-corrected chi connectivity index (χ1v) is 8.76. The number of aliphatic hydroxyl groups excluding tert-OH is 1. The molecule has 2 aromatic heterocycles. The number of aromatic nitrogens is 2. The standard InChI is InChI=1S/C17H27N3OS/c1-6-20-15(5)16(14(4)18-20)10-19(9-13(3)21)11-17-12(2)7-8-22-17/h7-8,13,21H,6,9-11H2,1-5H3. The lowest BCUT2D eigenvalue weighted by atomic mass is 10.1. The minimum atomic E-state index is -0.331. The Morgan fingerprint density at radius 3 is 2.55 bits per heavy atom. The van der Waals surface area contributed by atoms with E-state index in [1.165, 1.54) is 21.7 Å². The van der Waals surface area contributed by atoms with E-state index in [2.05, 4.69) is 53.8 Å². The monoisotopic (exact) mass is 321 g/mol. The van der Waals surface area contributed by atoms with Crippen LogP contribution in [-0.2, 0) is 19.6 Å². The molecule has 1 unspecified atom stereocenters. The summed E-state index contributed by atoms with van der Waals surface area (Å²) >= 11 is 1.79. The van der Waals surface area contributed by atoms with Gasteiger partial charge in [0.15, 0.2) is 0 Å². The van der Waals surface area contributed by atoms with Gasteiger partial charge < -0.3 is 5.11 Å². The molecule has 2 rings (SSSR count). The second kappa shape index (κ2) is 7.40. The molecule has 2 heterocycles. The molecule has 0 saturated carbocycles. The van der Waals surface area contributed by atoms with Crippen LogP contribution in [0, 0.1) is 20.8 Å². The van der Waals surface area contributed by atoms with Crippen LogP contribution in [-0.4, -0.2) is 32.4 Å². The van der Waals surface area contributed by atoms with Gasteiger partial charge in [-0.05, 0) is 51.6 Å². The van der Waals surface area contributed by atoms with E-state index in [0.29, 0.717) is 6.54 Å². The number of hydrogen-bond acceptors (Lipinski definition) is 4. The van der Waals surface area contributed by atoms with Gasteiger partial charge in [0, 0.05) is 42.3 Å². The van der Waals surface area contributed by atoms with Crippen molar-refractivity contribution in [3.63, 3.8) is 0 Å². The molecular formula is C17H27N3OS. The Hall–Kier alpha value is -1.17. The van der Waals surface area contributed by atoms with Gasteiger partial charge in [-0.1, -0.05) is 0 Å². The number of hydrogen-bond donors (Lipinski definition) is 1. The Labute approximate surface area is 137 Å². The molecule has 0 aliphatic rings. The SMILES string of the molecule is CCn1nc(C)c(CN(Cc2sccc2C)CC(C)O)c1C. The van der Waals surface area contributed by atoms with Crippen LogP contribution in [0.5, 0.6) is 0 Å². The molecule has 1 atom stereocenters. The van der Waals surface area contributed by atoms with Gasteiger partial charge in [0.1, 0.15) is 0 Å². The molecule has 22 heavy (non-hydrogen) atoms. The van der Waals surface area contributed by atoms with Gasteiger partial charge in [0.25, 0.3) is 0 Å². The third-order valence-electron chi connectivity index (χ3n) is 4.07. The third kappa shape index (κ3) is 3.97. The summed E-state index contributed by atoms with van der Waals surface area (Å²) in [5.74, 6) is 0. The molecule has 0 amide bonds. The second-order valence-electron chi connectivity index (χ2n) is 6.01. The molecule has 0 spiro atoms. The van der Waals surface area contributed by atoms with E-state index in [-0.39, 0.29) is 6.10 Å². The van der Waals surface area contributed by atoms with Gasteiger partial charge in [0.05, 0.1) is 11.8 Å². The first-order chi connectivity index (χ1) is 10.4. The van der Waals surface area contributed by atoms with E-state index in [9.17, 15) is 5.11 Å². The molecule has 0 aromatic carbocycles. The molecule has 0 aliphatic heterocycles. The van der Waals surface area contributed by atoms with E-state index in [1.54, 1.807) is 11.3 Å². The fraction of sp³-hybridized carbons (Fsp3) is 0.588. The van der Waals surface area contributed by atoms with Crippen LogP contribution in [0.2, 0.25) is 0 Å². The van der Waals surface area contributed by atoms with Gasteiger partial charge >= 0.3 is 0 Å². The summed E-state index contributed by atoms with van der Waals surface area (Å²) < 4.78 is 2.06. The number of thiophene rings is 1. The lowest BCUT2D eigenvalue weighted by Gasteiger charge is -2.24. The highest BCUT2D eigenvalue weighted by atomic mass is 32.1. The van der Waals surface area contributed by atoms with Crippen LogP contribution in [0.3, 0.4) is 0 Å².